The van der Waals surface area contributed by atoms with Gasteiger partial charge in [-0.25, -0.2) is 5.01 Å². The van der Waals surface area contributed by atoms with Crippen LogP contribution in [0.3, 0.4) is 0 Å². The van der Waals surface area contributed by atoms with Gasteiger partial charge in [-0.3, -0.25) is 9.69 Å². The Balaban J connectivity index is 1.63. The lowest BCUT2D eigenvalue weighted by atomic mass is 9.93. The van der Waals surface area contributed by atoms with Crippen molar-refractivity contribution in [3.05, 3.63) is 70.3 Å². The Morgan fingerprint density at radius 3 is 2.47 bits per heavy atom. The smallest absolute Gasteiger partial charge is 0.257 e. The van der Waals surface area contributed by atoms with Crippen molar-refractivity contribution in [2.24, 2.45) is 5.10 Å². The van der Waals surface area contributed by atoms with E-state index in [-0.39, 0.29) is 11.9 Å². The van der Waals surface area contributed by atoms with Crippen molar-refractivity contribution in [3.63, 3.8) is 0 Å². The van der Waals surface area contributed by atoms with Crippen LogP contribution in [0.2, 0.25) is 0 Å². The largest absolute Gasteiger partial charge is 0.304 e. The number of hydrogen-bond acceptors (Lipinski definition) is 4. The van der Waals surface area contributed by atoms with Crippen LogP contribution in [0, 0.1) is 20.8 Å². The maximum Gasteiger partial charge on any atom is 0.257 e. The molecule has 5 nitrogen and oxygen atoms in total. The van der Waals surface area contributed by atoms with Gasteiger partial charge >= 0.3 is 0 Å². The van der Waals surface area contributed by atoms with Crippen molar-refractivity contribution in [3.8, 4) is 0 Å². The average molecular weight is 405 g/mol. The van der Waals surface area contributed by atoms with Crippen molar-refractivity contribution < 1.29 is 4.79 Å². The van der Waals surface area contributed by atoms with Crippen LogP contribution in [0.4, 0.5) is 0 Å². The van der Waals surface area contributed by atoms with Crippen molar-refractivity contribution in [2.75, 3.05) is 39.8 Å². The summed E-state index contributed by atoms with van der Waals surface area (Å²) in [5.74, 6) is 0.0908. The highest BCUT2D eigenvalue weighted by Gasteiger charge is 2.35. The van der Waals surface area contributed by atoms with Crippen molar-refractivity contribution in [1.82, 2.24) is 14.8 Å². The third kappa shape index (κ3) is 4.32. The first kappa shape index (κ1) is 20.8. The Kier molecular flexibility index (Phi) is 6.02. The summed E-state index contributed by atoms with van der Waals surface area (Å²) in [7, 11) is 2.13. The molecule has 1 atom stereocenters. The predicted octanol–water partition coefficient (Wildman–Crippen LogP) is 3.54. The molecule has 1 fully saturated rings. The summed E-state index contributed by atoms with van der Waals surface area (Å²) in [6.07, 6.45) is 0.754. The monoisotopic (exact) mass is 404 g/mol. The van der Waals surface area contributed by atoms with E-state index in [1.54, 1.807) is 5.01 Å². The molecule has 0 unspecified atom stereocenters. The van der Waals surface area contributed by atoms with E-state index in [1.165, 1.54) is 22.3 Å². The van der Waals surface area contributed by atoms with E-state index < -0.39 is 0 Å². The minimum atomic E-state index is -0.0407. The predicted molar refractivity (Wildman–Crippen MR) is 122 cm³/mol. The number of likely N-dealkylation sites (N-methyl/N-ethyl adjacent to an activating group) is 1. The molecule has 5 heteroatoms. The number of hydrazone groups is 1. The van der Waals surface area contributed by atoms with Crippen LogP contribution in [0.5, 0.6) is 0 Å². The summed E-state index contributed by atoms with van der Waals surface area (Å²) >= 11 is 0. The molecule has 158 valence electrons. The molecule has 0 N–H and O–H groups in total. The Labute approximate surface area is 180 Å². The third-order valence-electron chi connectivity index (χ3n) is 6.37. The summed E-state index contributed by atoms with van der Waals surface area (Å²) in [5, 5.41) is 6.66. The van der Waals surface area contributed by atoms with Crippen molar-refractivity contribution >= 4 is 11.6 Å². The van der Waals surface area contributed by atoms with E-state index in [9.17, 15) is 4.79 Å². The van der Waals surface area contributed by atoms with Gasteiger partial charge in [0.05, 0.1) is 18.3 Å². The zero-order valence-corrected chi connectivity index (χ0v) is 18.6. The fourth-order valence-electron chi connectivity index (χ4n) is 4.42. The molecule has 0 spiro atoms. The highest BCUT2D eigenvalue weighted by Crippen LogP contribution is 2.35. The van der Waals surface area contributed by atoms with Crippen LogP contribution in [-0.4, -0.2) is 66.2 Å². The fourth-order valence-corrected chi connectivity index (χ4v) is 4.42. The molecule has 0 bridgehead atoms. The summed E-state index contributed by atoms with van der Waals surface area (Å²) in [6.45, 7) is 10.6. The van der Waals surface area contributed by atoms with E-state index in [1.807, 2.05) is 0 Å². The van der Waals surface area contributed by atoms with Gasteiger partial charge in [0.15, 0.2) is 0 Å². The summed E-state index contributed by atoms with van der Waals surface area (Å²) in [4.78, 5) is 17.9. The summed E-state index contributed by atoms with van der Waals surface area (Å²) in [6, 6.07) is 14.8. The van der Waals surface area contributed by atoms with Gasteiger partial charge in [-0.15, -0.1) is 0 Å². The molecule has 2 heterocycles. The number of hydrogen-bond donors (Lipinski definition) is 0. The Bertz CT molecular complexity index is 959. The molecule has 0 saturated carbocycles. The van der Waals surface area contributed by atoms with Gasteiger partial charge in [0, 0.05) is 38.2 Å². The highest BCUT2D eigenvalue weighted by atomic mass is 16.2. The highest BCUT2D eigenvalue weighted by molar-refractivity contribution is 6.04. The first-order valence-electron chi connectivity index (χ1n) is 10.9. The normalized spacial score (nSPS) is 20.5. The number of carbonyl (C=O) groups excluding carboxylic acids is 1. The second-order valence-corrected chi connectivity index (χ2v) is 8.76. The molecule has 2 aromatic rings. The minimum Gasteiger partial charge on any atom is -0.304 e. The van der Waals surface area contributed by atoms with Crippen LogP contribution >= 0.6 is 0 Å². The van der Waals surface area contributed by atoms with Gasteiger partial charge in [-0.2, -0.15) is 5.10 Å². The number of piperazine rings is 1. The lowest BCUT2D eigenvalue weighted by Crippen LogP contribution is -2.48. The molecular formula is C25H32N4O. The van der Waals surface area contributed by atoms with E-state index in [0.717, 1.165) is 43.9 Å². The molecule has 0 aromatic heterocycles. The average Bonchev–Trinajstić information content (AvgIpc) is 3.17. The lowest BCUT2D eigenvalue weighted by Gasteiger charge is -2.33. The molecule has 2 aliphatic heterocycles. The Morgan fingerprint density at radius 2 is 1.73 bits per heavy atom. The summed E-state index contributed by atoms with van der Waals surface area (Å²) < 4.78 is 0. The first-order valence-corrected chi connectivity index (χ1v) is 10.9. The molecule has 1 saturated heterocycles. The molecule has 0 aliphatic carbocycles. The molecule has 30 heavy (non-hydrogen) atoms. The second kappa shape index (κ2) is 8.70. The second-order valence-electron chi connectivity index (χ2n) is 8.76. The SMILES string of the molecule is Cc1ccc(C)c(C2=NN(C(=O)CN3CCN(C)CC3)[C@@H](c3ccccc3C)C2)c1. The lowest BCUT2D eigenvalue weighted by molar-refractivity contribution is -0.134. The zero-order chi connectivity index (χ0) is 21.3. The van der Waals surface area contributed by atoms with E-state index in [0.29, 0.717) is 6.54 Å². The van der Waals surface area contributed by atoms with Crippen LogP contribution in [0.1, 0.15) is 40.3 Å². The van der Waals surface area contributed by atoms with Crippen LogP contribution in [0.15, 0.2) is 47.6 Å². The number of aryl methyl sites for hydroxylation is 3. The van der Waals surface area contributed by atoms with Gasteiger partial charge in [0.2, 0.25) is 0 Å². The Hall–Kier alpha value is -2.50. The number of amides is 1. The van der Waals surface area contributed by atoms with Crippen LogP contribution in [-0.2, 0) is 4.79 Å². The molecular weight excluding hydrogens is 372 g/mol. The number of benzene rings is 2. The molecule has 2 aromatic carbocycles. The van der Waals surface area contributed by atoms with Crippen LogP contribution in [0.25, 0.3) is 0 Å². The zero-order valence-electron chi connectivity index (χ0n) is 18.6. The van der Waals surface area contributed by atoms with Gasteiger partial charge in [-0.05, 0) is 50.6 Å². The van der Waals surface area contributed by atoms with Crippen molar-refractivity contribution in [1.29, 1.82) is 0 Å². The van der Waals surface area contributed by atoms with E-state index in [4.69, 9.17) is 5.10 Å². The Morgan fingerprint density at radius 1 is 1.00 bits per heavy atom. The third-order valence-corrected chi connectivity index (χ3v) is 6.37. The maximum atomic E-state index is 13.4. The number of rotatable bonds is 4. The minimum absolute atomic E-state index is 0.0407. The van der Waals surface area contributed by atoms with Crippen LogP contribution < -0.4 is 0 Å². The number of nitrogens with zero attached hydrogens (tertiary/aromatic N) is 4. The van der Waals surface area contributed by atoms with Gasteiger partial charge in [-0.1, -0.05) is 42.0 Å². The molecule has 0 radical (unpaired) electrons. The van der Waals surface area contributed by atoms with Gasteiger partial charge in [0.1, 0.15) is 0 Å². The first-order chi connectivity index (χ1) is 14.4. The van der Waals surface area contributed by atoms with Gasteiger partial charge in [0.25, 0.3) is 5.91 Å². The fraction of sp³-hybridized carbons (Fsp3) is 0.440. The quantitative estimate of drug-likeness (QED) is 0.783. The molecule has 1 amide bonds. The standard InChI is InChI=1S/C25H32N4O/c1-18-9-10-20(3)22(15-18)23-16-24(21-8-6-5-7-19(21)2)29(26-23)25(30)17-28-13-11-27(4)12-14-28/h5-10,15,24H,11-14,16-17H2,1-4H3/t24-/m1/s1. The topological polar surface area (TPSA) is 39.2 Å². The molecule has 4 rings (SSSR count). The number of carbonyl (C=O) groups is 1. The summed E-state index contributed by atoms with van der Waals surface area (Å²) in [5.41, 5.74) is 6.98. The van der Waals surface area contributed by atoms with Gasteiger partial charge < -0.3 is 4.90 Å². The maximum absolute atomic E-state index is 13.4. The molecule has 2 aliphatic rings. The van der Waals surface area contributed by atoms with Crippen molar-refractivity contribution in [2.45, 2.75) is 33.2 Å². The van der Waals surface area contributed by atoms with E-state index >= 15 is 0 Å². The van der Waals surface area contributed by atoms with E-state index in [2.05, 4.69) is 80.1 Å².